The molecule has 1 aromatic carbocycles. The summed E-state index contributed by atoms with van der Waals surface area (Å²) in [6.45, 7) is 10.5. The van der Waals surface area contributed by atoms with Crippen LogP contribution in [0.15, 0.2) is 24.3 Å². The third kappa shape index (κ3) is 6.15. The van der Waals surface area contributed by atoms with Crippen molar-refractivity contribution in [1.29, 1.82) is 0 Å². The molecule has 0 bridgehead atoms. The fraction of sp³-hybridized carbons (Fsp3) is 0.632. The van der Waals surface area contributed by atoms with Crippen molar-refractivity contribution >= 4 is 18.3 Å². The number of halogens is 1. The van der Waals surface area contributed by atoms with Gasteiger partial charge in [0, 0.05) is 18.5 Å². The van der Waals surface area contributed by atoms with Crippen LogP contribution in [0.3, 0.4) is 0 Å². The van der Waals surface area contributed by atoms with E-state index < -0.39 is 0 Å². The Morgan fingerprint density at radius 1 is 1.26 bits per heavy atom. The second-order valence-electron chi connectivity index (χ2n) is 7.56. The number of amides is 1. The van der Waals surface area contributed by atoms with E-state index in [4.69, 9.17) is 0 Å². The van der Waals surface area contributed by atoms with Gasteiger partial charge in [0.05, 0.1) is 0 Å². The quantitative estimate of drug-likeness (QED) is 0.882. The highest BCUT2D eigenvalue weighted by atomic mass is 35.5. The van der Waals surface area contributed by atoms with Gasteiger partial charge in [0.1, 0.15) is 0 Å². The van der Waals surface area contributed by atoms with E-state index in [1.165, 1.54) is 11.1 Å². The molecule has 0 aromatic heterocycles. The summed E-state index contributed by atoms with van der Waals surface area (Å²) in [6, 6.07) is 9.21. The standard InChI is InChI=1S/C19H30N2O.ClH/c1-14-13-16(10-12-20-14)18(22)21-11-9-15-5-7-17(8-6-15)19(2,3)4;/h5-8,14,16,20H,9-13H2,1-4H3,(H,21,22);1H/t14-,16-;/m0./s1. The van der Waals surface area contributed by atoms with Crippen LogP contribution >= 0.6 is 12.4 Å². The summed E-state index contributed by atoms with van der Waals surface area (Å²) in [6.07, 6.45) is 2.80. The molecule has 2 atom stereocenters. The first kappa shape index (κ1) is 20.0. The zero-order valence-corrected chi connectivity index (χ0v) is 15.6. The van der Waals surface area contributed by atoms with Gasteiger partial charge in [-0.05, 0) is 49.3 Å². The summed E-state index contributed by atoms with van der Waals surface area (Å²) in [5, 5.41) is 6.49. The molecule has 1 aliphatic heterocycles. The first-order valence-corrected chi connectivity index (χ1v) is 8.47. The number of hydrogen-bond donors (Lipinski definition) is 2. The number of hydrogen-bond acceptors (Lipinski definition) is 2. The lowest BCUT2D eigenvalue weighted by Gasteiger charge is -2.27. The fourth-order valence-corrected chi connectivity index (χ4v) is 3.02. The monoisotopic (exact) mass is 338 g/mol. The summed E-state index contributed by atoms with van der Waals surface area (Å²) in [5.74, 6) is 0.402. The van der Waals surface area contributed by atoms with Gasteiger partial charge in [0.15, 0.2) is 0 Å². The lowest BCUT2D eigenvalue weighted by molar-refractivity contribution is -0.126. The molecule has 0 unspecified atom stereocenters. The van der Waals surface area contributed by atoms with Gasteiger partial charge in [-0.1, -0.05) is 45.0 Å². The second-order valence-corrected chi connectivity index (χ2v) is 7.56. The summed E-state index contributed by atoms with van der Waals surface area (Å²) in [7, 11) is 0. The average molecular weight is 339 g/mol. The van der Waals surface area contributed by atoms with Crippen LogP contribution in [0, 0.1) is 5.92 Å². The van der Waals surface area contributed by atoms with Crippen LogP contribution in [-0.2, 0) is 16.6 Å². The van der Waals surface area contributed by atoms with E-state index in [0.29, 0.717) is 6.04 Å². The summed E-state index contributed by atoms with van der Waals surface area (Å²) in [4.78, 5) is 12.2. The number of carbonyl (C=O) groups is 1. The molecule has 1 aromatic rings. The largest absolute Gasteiger partial charge is 0.356 e. The molecule has 0 radical (unpaired) electrons. The van der Waals surface area contributed by atoms with Crippen molar-refractivity contribution in [1.82, 2.24) is 10.6 Å². The highest BCUT2D eigenvalue weighted by molar-refractivity contribution is 5.85. The zero-order valence-electron chi connectivity index (χ0n) is 14.8. The molecular weight excluding hydrogens is 308 g/mol. The van der Waals surface area contributed by atoms with Gasteiger partial charge in [0.2, 0.25) is 5.91 Å². The third-order valence-electron chi connectivity index (χ3n) is 4.53. The molecule has 1 saturated heterocycles. The molecule has 1 fully saturated rings. The summed E-state index contributed by atoms with van der Waals surface area (Å²) >= 11 is 0. The van der Waals surface area contributed by atoms with E-state index in [1.54, 1.807) is 0 Å². The maximum atomic E-state index is 12.2. The molecule has 3 nitrogen and oxygen atoms in total. The summed E-state index contributed by atoms with van der Waals surface area (Å²) in [5.41, 5.74) is 2.83. The first-order valence-electron chi connectivity index (χ1n) is 8.47. The Morgan fingerprint density at radius 2 is 1.91 bits per heavy atom. The molecule has 1 heterocycles. The maximum Gasteiger partial charge on any atom is 0.223 e. The topological polar surface area (TPSA) is 41.1 Å². The van der Waals surface area contributed by atoms with E-state index in [2.05, 4.69) is 62.6 Å². The number of piperidine rings is 1. The molecule has 4 heteroatoms. The van der Waals surface area contributed by atoms with Crippen molar-refractivity contribution in [3.63, 3.8) is 0 Å². The van der Waals surface area contributed by atoms with Crippen LogP contribution in [0.25, 0.3) is 0 Å². The van der Waals surface area contributed by atoms with Crippen LogP contribution in [0.2, 0.25) is 0 Å². The number of rotatable bonds is 4. The Hall–Kier alpha value is -1.06. The first-order chi connectivity index (χ1) is 10.4. The molecule has 0 spiro atoms. The SMILES string of the molecule is C[C@H]1C[C@@H](C(=O)NCCc2ccc(C(C)(C)C)cc2)CCN1.Cl. The highest BCUT2D eigenvalue weighted by Crippen LogP contribution is 2.22. The number of benzene rings is 1. The Morgan fingerprint density at radius 3 is 2.48 bits per heavy atom. The summed E-state index contributed by atoms with van der Waals surface area (Å²) < 4.78 is 0. The van der Waals surface area contributed by atoms with Crippen LogP contribution < -0.4 is 10.6 Å². The van der Waals surface area contributed by atoms with Gasteiger partial charge in [-0.3, -0.25) is 4.79 Å². The molecule has 2 rings (SSSR count). The van der Waals surface area contributed by atoms with Crippen molar-refractivity contribution < 1.29 is 4.79 Å². The van der Waals surface area contributed by atoms with Crippen molar-refractivity contribution in [3.8, 4) is 0 Å². The van der Waals surface area contributed by atoms with E-state index in [1.807, 2.05) is 0 Å². The molecule has 130 valence electrons. The van der Waals surface area contributed by atoms with Gasteiger partial charge in [-0.15, -0.1) is 12.4 Å². The van der Waals surface area contributed by atoms with Gasteiger partial charge in [-0.2, -0.15) is 0 Å². The molecule has 1 amide bonds. The Bertz CT molecular complexity index is 493. The fourth-order valence-electron chi connectivity index (χ4n) is 3.02. The zero-order chi connectivity index (χ0) is 16.2. The molecule has 0 aliphatic carbocycles. The van der Waals surface area contributed by atoms with E-state index in [0.717, 1.165) is 32.4 Å². The molecule has 0 saturated carbocycles. The minimum Gasteiger partial charge on any atom is -0.356 e. The van der Waals surface area contributed by atoms with E-state index >= 15 is 0 Å². The van der Waals surface area contributed by atoms with E-state index in [9.17, 15) is 4.79 Å². The molecule has 2 N–H and O–H groups in total. The van der Waals surface area contributed by atoms with Crippen molar-refractivity contribution in [2.45, 2.75) is 58.4 Å². The predicted octanol–water partition coefficient (Wildman–Crippen LogP) is 3.45. The second kappa shape index (κ2) is 8.70. The van der Waals surface area contributed by atoms with Gasteiger partial charge in [-0.25, -0.2) is 0 Å². The van der Waals surface area contributed by atoms with Gasteiger partial charge < -0.3 is 10.6 Å². The Balaban J connectivity index is 0.00000264. The Labute approximate surface area is 147 Å². The third-order valence-corrected chi connectivity index (χ3v) is 4.53. The number of nitrogens with one attached hydrogen (secondary N) is 2. The smallest absolute Gasteiger partial charge is 0.223 e. The lowest BCUT2D eigenvalue weighted by Crippen LogP contribution is -2.42. The van der Waals surface area contributed by atoms with Crippen LogP contribution in [0.5, 0.6) is 0 Å². The maximum absolute atomic E-state index is 12.2. The van der Waals surface area contributed by atoms with Crippen LogP contribution in [0.4, 0.5) is 0 Å². The predicted molar refractivity (Wildman–Crippen MR) is 99.3 cm³/mol. The normalized spacial score (nSPS) is 21.4. The Kier molecular flexibility index (Phi) is 7.56. The average Bonchev–Trinajstić information content (AvgIpc) is 2.47. The van der Waals surface area contributed by atoms with E-state index in [-0.39, 0.29) is 29.6 Å². The highest BCUT2D eigenvalue weighted by Gasteiger charge is 2.24. The molecule has 1 aliphatic rings. The number of carbonyl (C=O) groups excluding carboxylic acids is 1. The van der Waals surface area contributed by atoms with Crippen molar-refractivity contribution in [2.75, 3.05) is 13.1 Å². The van der Waals surface area contributed by atoms with Gasteiger partial charge in [0.25, 0.3) is 0 Å². The molecular formula is C19H31ClN2O. The lowest BCUT2D eigenvalue weighted by atomic mass is 9.86. The van der Waals surface area contributed by atoms with Gasteiger partial charge >= 0.3 is 0 Å². The van der Waals surface area contributed by atoms with Crippen molar-refractivity contribution in [3.05, 3.63) is 35.4 Å². The van der Waals surface area contributed by atoms with Crippen LogP contribution in [-0.4, -0.2) is 25.0 Å². The molecule has 23 heavy (non-hydrogen) atoms. The minimum atomic E-state index is 0. The van der Waals surface area contributed by atoms with Crippen molar-refractivity contribution in [2.24, 2.45) is 5.92 Å². The minimum absolute atomic E-state index is 0. The van der Waals surface area contributed by atoms with Crippen LogP contribution in [0.1, 0.15) is 51.7 Å².